The number of carbonyl (C=O) groups excluding carboxylic acids is 1. The number of benzene rings is 2. The monoisotopic (exact) mass is 404 g/mol. The van der Waals surface area contributed by atoms with Crippen LogP contribution in [-0.2, 0) is 4.79 Å². The molecule has 0 aliphatic heterocycles. The second kappa shape index (κ2) is 9.84. The van der Waals surface area contributed by atoms with Gasteiger partial charge in [0.25, 0.3) is 0 Å². The van der Waals surface area contributed by atoms with Gasteiger partial charge in [-0.05, 0) is 64.7 Å². The SMILES string of the molecule is COc1cccc(/C=N/NC(=O)CCCOc2ccc(C)cc2Br)c1. The fourth-order valence-corrected chi connectivity index (χ4v) is 2.70. The number of carbonyl (C=O) groups is 1. The number of hydrazone groups is 1. The first kappa shape index (κ1) is 19.0. The number of hydrogen-bond donors (Lipinski definition) is 1. The van der Waals surface area contributed by atoms with E-state index >= 15 is 0 Å². The largest absolute Gasteiger partial charge is 0.497 e. The first-order chi connectivity index (χ1) is 12.1. The van der Waals surface area contributed by atoms with E-state index in [0.29, 0.717) is 19.4 Å². The maximum absolute atomic E-state index is 11.8. The second-order valence-corrected chi connectivity index (χ2v) is 6.31. The third kappa shape index (κ3) is 6.58. The van der Waals surface area contributed by atoms with E-state index in [1.165, 1.54) is 0 Å². The molecule has 6 heteroatoms. The highest BCUT2D eigenvalue weighted by atomic mass is 79.9. The Morgan fingerprint density at radius 2 is 2.12 bits per heavy atom. The summed E-state index contributed by atoms with van der Waals surface area (Å²) in [4.78, 5) is 11.8. The van der Waals surface area contributed by atoms with Crippen LogP contribution in [-0.4, -0.2) is 25.8 Å². The van der Waals surface area contributed by atoms with Gasteiger partial charge in [-0.15, -0.1) is 0 Å². The summed E-state index contributed by atoms with van der Waals surface area (Å²) in [6, 6.07) is 13.3. The fraction of sp³-hybridized carbons (Fsp3) is 0.263. The molecule has 0 aliphatic rings. The molecule has 0 spiro atoms. The van der Waals surface area contributed by atoms with Crippen LogP contribution in [0.1, 0.15) is 24.0 Å². The molecule has 1 amide bonds. The zero-order chi connectivity index (χ0) is 18.1. The molecule has 0 saturated heterocycles. The smallest absolute Gasteiger partial charge is 0.240 e. The zero-order valence-electron chi connectivity index (χ0n) is 14.3. The van der Waals surface area contributed by atoms with Crippen molar-refractivity contribution >= 4 is 28.1 Å². The van der Waals surface area contributed by atoms with Crippen LogP contribution in [0.25, 0.3) is 0 Å². The van der Waals surface area contributed by atoms with Gasteiger partial charge in [-0.2, -0.15) is 5.10 Å². The summed E-state index contributed by atoms with van der Waals surface area (Å²) in [6.07, 6.45) is 2.54. The standard InChI is InChI=1S/C19H21BrN2O3/c1-14-8-9-18(17(20)11-14)25-10-4-7-19(23)22-21-13-15-5-3-6-16(12-15)24-2/h3,5-6,8-9,11-13H,4,7,10H2,1-2H3,(H,22,23)/b21-13+. The van der Waals surface area contributed by atoms with E-state index in [0.717, 1.165) is 27.1 Å². The van der Waals surface area contributed by atoms with Gasteiger partial charge >= 0.3 is 0 Å². The molecule has 0 aliphatic carbocycles. The Kier molecular flexibility index (Phi) is 7.47. The Hall–Kier alpha value is -2.34. The summed E-state index contributed by atoms with van der Waals surface area (Å²) in [7, 11) is 1.61. The molecule has 0 atom stereocenters. The molecule has 0 radical (unpaired) electrons. The molecule has 0 unspecified atom stereocenters. The molecule has 5 nitrogen and oxygen atoms in total. The number of hydrogen-bond acceptors (Lipinski definition) is 4. The summed E-state index contributed by atoms with van der Waals surface area (Å²) in [5.41, 5.74) is 4.52. The van der Waals surface area contributed by atoms with Crippen molar-refractivity contribution in [3.8, 4) is 11.5 Å². The molecule has 2 rings (SSSR count). The molecule has 2 aromatic carbocycles. The maximum atomic E-state index is 11.8. The third-order valence-electron chi connectivity index (χ3n) is 3.39. The van der Waals surface area contributed by atoms with Gasteiger partial charge in [0.05, 0.1) is 24.4 Å². The molecule has 0 aromatic heterocycles. The minimum Gasteiger partial charge on any atom is -0.497 e. The van der Waals surface area contributed by atoms with Crippen molar-refractivity contribution in [2.24, 2.45) is 5.10 Å². The van der Waals surface area contributed by atoms with Crippen molar-refractivity contribution in [2.75, 3.05) is 13.7 Å². The van der Waals surface area contributed by atoms with Gasteiger partial charge in [0.15, 0.2) is 0 Å². The van der Waals surface area contributed by atoms with Crippen LogP contribution in [0, 0.1) is 6.92 Å². The normalized spacial score (nSPS) is 10.7. The molecule has 0 saturated carbocycles. The Balaban J connectivity index is 1.69. The highest BCUT2D eigenvalue weighted by molar-refractivity contribution is 9.10. The van der Waals surface area contributed by atoms with E-state index in [4.69, 9.17) is 9.47 Å². The zero-order valence-corrected chi connectivity index (χ0v) is 15.9. The van der Waals surface area contributed by atoms with Crippen molar-refractivity contribution in [2.45, 2.75) is 19.8 Å². The summed E-state index contributed by atoms with van der Waals surface area (Å²) >= 11 is 3.46. The molecule has 132 valence electrons. The van der Waals surface area contributed by atoms with E-state index in [2.05, 4.69) is 26.5 Å². The predicted octanol–water partition coefficient (Wildman–Crippen LogP) is 4.08. The van der Waals surface area contributed by atoms with Crippen molar-refractivity contribution in [1.82, 2.24) is 5.43 Å². The first-order valence-corrected chi connectivity index (χ1v) is 8.72. The van der Waals surface area contributed by atoms with Gasteiger partial charge in [-0.1, -0.05) is 18.2 Å². The molecular formula is C19H21BrN2O3. The number of halogens is 1. The first-order valence-electron chi connectivity index (χ1n) is 7.93. The molecular weight excluding hydrogens is 384 g/mol. The molecule has 0 fully saturated rings. The number of ether oxygens (including phenoxy) is 2. The van der Waals surface area contributed by atoms with Crippen LogP contribution in [0.5, 0.6) is 11.5 Å². The highest BCUT2D eigenvalue weighted by Gasteiger charge is 2.03. The lowest BCUT2D eigenvalue weighted by atomic mass is 10.2. The quantitative estimate of drug-likeness (QED) is 0.409. The van der Waals surface area contributed by atoms with Crippen LogP contribution in [0.2, 0.25) is 0 Å². The Bertz CT molecular complexity index is 747. The minimum absolute atomic E-state index is 0.147. The van der Waals surface area contributed by atoms with Crippen molar-refractivity contribution in [3.63, 3.8) is 0 Å². The lowest BCUT2D eigenvalue weighted by molar-refractivity contribution is -0.121. The van der Waals surface area contributed by atoms with Gasteiger partial charge in [0.1, 0.15) is 11.5 Å². The highest BCUT2D eigenvalue weighted by Crippen LogP contribution is 2.25. The third-order valence-corrected chi connectivity index (χ3v) is 4.01. The number of amides is 1. The minimum atomic E-state index is -0.147. The lowest BCUT2D eigenvalue weighted by Gasteiger charge is -2.08. The van der Waals surface area contributed by atoms with E-state index in [9.17, 15) is 4.79 Å². The predicted molar refractivity (Wildman–Crippen MR) is 102 cm³/mol. The maximum Gasteiger partial charge on any atom is 0.240 e. The number of nitrogens with zero attached hydrogens (tertiary/aromatic N) is 1. The summed E-state index contributed by atoms with van der Waals surface area (Å²) in [6.45, 7) is 2.49. The van der Waals surface area contributed by atoms with E-state index in [1.807, 2.05) is 49.4 Å². The van der Waals surface area contributed by atoms with Gasteiger partial charge < -0.3 is 9.47 Å². The Morgan fingerprint density at radius 3 is 2.88 bits per heavy atom. The van der Waals surface area contributed by atoms with Crippen molar-refractivity contribution < 1.29 is 14.3 Å². The van der Waals surface area contributed by atoms with Crippen molar-refractivity contribution in [1.29, 1.82) is 0 Å². The van der Waals surface area contributed by atoms with Gasteiger partial charge in [0, 0.05) is 6.42 Å². The van der Waals surface area contributed by atoms with E-state index in [1.54, 1.807) is 13.3 Å². The number of nitrogens with one attached hydrogen (secondary N) is 1. The molecule has 0 heterocycles. The summed E-state index contributed by atoms with van der Waals surface area (Å²) in [5, 5.41) is 3.95. The van der Waals surface area contributed by atoms with Gasteiger partial charge in [-0.25, -0.2) is 5.43 Å². The van der Waals surface area contributed by atoms with Crippen LogP contribution in [0.3, 0.4) is 0 Å². The fourth-order valence-electron chi connectivity index (χ4n) is 2.09. The average Bonchev–Trinajstić information content (AvgIpc) is 2.60. The topological polar surface area (TPSA) is 59.9 Å². The van der Waals surface area contributed by atoms with Crippen LogP contribution in [0.4, 0.5) is 0 Å². The Morgan fingerprint density at radius 1 is 1.28 bits per heavy atom. The molecule has 1 N–H and O–H groups in total. The lowest BCUT2D eigenvalue weighted by Crippen LogP contribution is -2.18. The summed E-state index contributed by atoms with van der Waals surface area (Å²) in [5.74, 6) is 1.38. The summed E-state index contributed by atoms with van der Waals surface area (Å²) < 4.78 is 11.7. The molecule has 2 aromatic rings. The van der Waals surface area contributed by atoms with E-state index < -0.39 is 0 Å². The van der Waals surface area contributed by atoms with Crippen LogP contribution < -0.4 is 14.9 Å². The van der Waals surface area contributed by atoms with Gasteiger partial charge in [0.2, 0.25) is 5.91 Å². The number of rotatable bonds is 8. The van der Waals surface area contributed by atoms with Crippen LogP contribution >= 0.6 is 15.9 Å². The number of aryl methyl sites for hydroxylation is 1. The Labute approximate surface area is 156 Å². The van der Waals surface area contributed by atoms with E-state index in [-0.39, 0.29) is 5.91 Å². The number of methoxy groups -OCH3 is 1. The molecule has 25 heavy (non-hydrogen) atoms. The van der Waals surface area contributed by atoms with Crippen molar-refractivity contribution in [3.05, 3.63) is 58.1 Å². The molecule has 0 bridgehead atoms. The van der Waals surface area contributed by atoms with Gasteiger partial charge in [-0.3, -0.25) is 4.79 Å². The second-order valence-electron chi connectivity index (χ2n) is 5.46. The average molecular weight is 405 g/mol. The van der Waals surface area contributed by atoms with Crippen LogP contribution in [0.15, 0.2) is 52.0 Å².